The van der Waals surface area contributed by atoms with Crippen LogP contribution in [0, 0.1) is 11.3 Å². The maximum absolute atomic E-state index is 14.7. The number of nitrogens with one attached hydrogen (secondary N) is 3. The smallest absolute Gasteiger partial charge is 0.227 e. The zero-order valence-corrected chi connectivity index (χ0v) is 24.6. The summed E-state index contributed by atoms with van der Waals surface area (Å²) in [6, 6.07) is -0.0498. The van der Waals surface area contributed by atoms with E-state index in [2.05, 4.69) is 25.8 Å². The molecule has 4 saturated heterocycles. The molecule has 0 aromatic heterocycles. The number of carbonyl (C=O) groups excluding carboxylic acids is 2. The number of piperidine rings is 2. The summed E-state index contributed by atoms with van der Waals surface area (Å²) in [6.07, 6.45) is 11.5. The molecule has 2 spiro atoms. The monoisotopic (exact) mass is 563 g/mol. The zero-order chi connectivity index (χ0) is 28.3. The van der Waals surface area contributed by atoms with Gasteiger partial charge in [-0.3, -0.25) is 14.5 Å². The van der Waals surface area contributed by atoms with Gasteiger partial charge in [0, 0.05) is 57.3 Å². The lowest BCUT2D eigenvalue weighted by Gasteiger charge is -2.49. The van der Waals surface area contributed by atoms with E-state index in [1.807, 2.05) is 0 Å². The highest BCUT2D eigenvalue weighted by atomic mass is 19.1. The lowest BCUT2D eigenvalue weighted by Crippen LogP contribution is -2.65. The number of nitrogens with zero attached hydrogens (tertiary/aromatic N) is 2. The summed E-state index contributed by atoms with van der Waals surface area (Å²) in [5, 5.41) is 10.3. The highest BCUT2D eigenvalue weighted by Gasteiger charge is 2.47. The first-order valence-corrected chi connectivity index (χ1v) is 16.1. The van der Waals surface area contributed by atoms with Gasteiger partial charge in [-0.1, -0.05) is 19.3 Å². The van der Waals surface area contributed by atoms with Gasteiger partial charge in [-0.15, -0.1) is 0 Å². The summed E-state index contributed by atoms with van der Waals surface area (Å²) in [6.45, 7) is 6.32. The number of likely N-dealkylation sites (tertiary alicyclic amines) is 2. The maximum atomic E-state index is 14.7. The molecule has 5 atom stereocenters. The number of rotatable bonds is 5. The number of hydrogen-bond donors (Lipinski definition) is 5. The van der Waals surface area contributed by atoms with Crippen molar-refractivity contribution in [3.63, 3.8) is 0 Å². The van der Waals surface area contributed by atoms with Crippen LogP contribution in [-0.2, 0) is 9.59 Å². The molecular weight excluding hydrogens is 509 g/mol. The minimum Gasteiger partial charge on any atom is -0.350 e. The zero-order valence-electron chi connectivity index (χ0n) is 24.6. The molecular formula is C30H54FN7O2. The van der Waals surface area contributed by atoms with Gasteiger partial charge in [0.05, 0.1) is 18.1 Å². The Morgan fingerprint density at radius 2 is 1.70 bits per heavy atom. The van der Waals surface area contributed by atoms with Crippen molar-refractivity contribution in [1.29, 1.82) is 0 Å². The van der Waals surface area contributed by atoms with Crippen LogP contribution >= 0.6 is 0 Å². The van der Waals surface area contributed by atoms with Gasteiger partial charge in [0.25, 0.3) is 0 Å². The predicted molar refractivity (Wildman–Crippen MR) is 155 cm³/mol. The number of amides is 2. The van der Waals surface area contributed by atoms with Crippen LogP contribution in [0.3, 0.4) is 0 Å². The Balaban J connectivity index is 1.26. The van der Waals surface area contributed by atoms with Gasteiger partial charge in [0.2, 0.25) is 11.8 Å². The van der Waals surface area contributed by atoms with Gasteiger partial charge in [0.1, 0.15) is 6.17 Å². The molecule has 1 saturated carbocycles. The van der Waals surface area contributed by atoms with E-state index in [4.69, 9.17) is 11.5 Å². The van der Waals surface area contributed by atoms with Crippen LogP contribution in [0.2, 0.25) is 0 Å². The van der Waals surface area contributed by atoms with Crippen molar-refractivity contribution < 1.29 is 14.0 Å². The number of alkyl halides is 1. The fraction of sp³-hybridized carbons (Fsp3) is 0.933. The third-order valence-electron chi connectivity index (χ3n) is 11.3. The average Bonchev–Trinajstić information content (AvgIpc) is 3.34. The highest BCUT2D eigenvalue weighted by Crippen LogP contribution is 2.46. The largest absolute Gasteiger partial charge is 0.350 e. The topological polar surface area (TPSA) is 129 Å². The number of halogens is 1. The van der Waals surface area contributed by atoms with E-state index in [1.165, 1.54) is 19.3 Å². The third kappa shape index (κ3) is 6.51. The molecule has 2 amide bonds. The summed E-state index contributed by atoms with van der Waals surface area (Å²) < 4.78 is 14.7. The van der Waals surface area contributed by atoms with E-state index < -0.39 is 18.3 Å². The van der Waals surface area contributed by atoms with Crippen molar-refractivity contribution in [3.8, 4) is 0 Å². The van der Waals surface area contributed by atoms with E-state index in [0.717, 1.165) is 84.0 Å². The molecule has 7 N–H and O–H groups in total. The molecule has 4 aliphatic heterocycles. The first kappa shape index (κ1) is 30.1. The van der Waals surface area contributed by atoms with Crippen LogP contribution in [0.5, 0.6) is 0 Å². The molecule has 10 heteroatoms. The van der Waals surface area contributed by atoms with Crippen molar-refractivity contribution in [2.24, 2.45) is 22.8 Å². The minimum absolute atomic E-state index is 0.0125. The molecule has 0 aromatic carbocycles. The van der Waals surface area contributed by atoms with Crippen molar-refractivity contribution in [3.05, 3.63) is 0 Å². The summed E-state index contributed by atoms with van der Waals surface area (Å²) >= 11 is 0. The Labute approximate surface area is 240 Å². The van der Waals surface area contributed by atoms with E-state index >= 15 is 0 Å². The highest BCUT2D eigenvalue weighted by molar-refractivity contribution is 5.80. The predicted octanol–water partition coefficient (Wildman–Crippen LogP) is 1.60. The van der Waals surface area contributed by atoms with Crippen molar-refractivity contribution in [2.45, 2.75) is 126 Å². The van der Waals surface area contributed by atoms with Gasteiger partial charge in [-0.05, 0) is 76.2 Å². The van der Waals surface area contributed by atoms with E-state index in [9.17, 15) is 14.0 Å². The fourth-order valence-electron chi connectivity index (χ4n) is 9.05. The number of hydrogen-bond acceptors (Lipinski definition) is 7. The van der Waals surface area contributed by atoms with Crippen molar-refractivity contribution >= 4 is 11.8 Å². The molecule has 0 radical (unpaired) electrons. The summed E-state index contributed by atoms with van der Waals surface area (Å²) in [5.74, 6) is -0.530. The Morgan fingerprint density at radius 1 is 0.950 bits per heavy atom. The summed E-state index contributed by atoms with van der Waals surface area (Å²) in [7, 11) is 0. The molecule has 4 heterocycles. The van der Waals surface area contributed by atoms with Gasteiger partial charge in [0.15, 0.2) is 0 Å². The van der Waals surface area contributed by atoms with Crippen molar-refractivity contribution in [1.82, 2.24) is 25.8 Å². The second-order valence-corrected chi connectivity index (χ2v) is 13.7. The number of carbonyl (C=O) groups is 2. The molecule has 40 heavy (non-hydrogen) atoms. The van der Waals surface area contributed by atoms with Gasteiger partial charge >= 0.3 is 0 Å². The molecule has 0 aromatic rings. The van der Waals surface area contributed by atoms with Gasteiger partial charge in [-0.25, -0.2) is 4.39 Å². The van der Waals surface area contributed by atoms with Crippen LogP contribution in [0.25, 0.3) is 0 Å². The molecule has 0 bridgehead atoms. The standard InChI is InChI=1S/C30H54FN7O2/c1-21(39)38-15-5-10-30(38)12-16-37(17-13-30)25-7-14-34-20-24(25)36-28(40)26(27(32)33)23-18-29(8-3-2-4-9-29)11-6-22(31)19-35-23/h22-27,34-35H,2-20,32-33H2,1H3,(H,36,40). The molecule has 1 aliphatic carbocycles. The lowest BCUT2D eigenvalue weighted by atomic mass is 9.65. The van der Waals surface area contributed by atoms with Crippen LogP contribution < -0.4 is 27.4 Å². The Hall–Kier alpha value is -1.33. The minimum atomic E-state index is -0.910. The Morgan fingerprint density at radius 3 is 2.40 bits per heavy atom. The average molecular weight is 564 g/mol. The molecule has 5 rings (SSSR count). The van der Waals surface area contributed by atoms with Crippen LogP contribution in [0.4, 0.5) is 4.39 Å². The third-order valence-corrected chi connectivity index (χ3v) is 11.3. The van der Waals surface area contributed by atoms with E-state index in [0.29, 0.717) is 13.0 Å². The summed E-state index contributed by atoms with van der Waals surface area (Å²) in [5.41, 5.74) is 12.7. The molecule has 5 unspecified atom stereocenters. The van der Waals surface area contributed by atoms with Crippen LogP contribution in [0.1, 0.15) is 90.4 Å². The molecule has 5 aliphatic rings. The van der Waals surface area contributed by atoms with Crippen molar-refractivity contribution in [2.75, 3.05) is 39.3 Å². The van der Waals surface area contributed by atoms with Crippen LogP contribution in [-0.4, -0.2) is 96.9 Å². The quantitative estimate of drug-likeness (QED) is 0.322. The molecule has 5 fully saturated rings. The Kier molecular flexibility index (Phi) is 9.72. The lowest BCUT2D eigenvalue weighted by molar-refractivity contribution is -0.135. The van der Waals surface area contributed by atoms with E-state index in [-0.39, 0.29) is 47.4 Å². The van der Waals surface area contributed by atoms with Crippen LogP contribution in [0.15, 0.2) is 0 Å². The summed E-state index contributed by atoms with van der Waals surface area (Å²) in [4.78, 5) is 30.9. The fourth-order valence-corrected chi connectivity index (χ4v) is 9.05. The Bertz CT molecular complexity index is 874. The first-order chi connectivity index (χ1) is 19.2. The van der Waals surface area contributed by atoms with Gasteiger partial charge in [-0.2, -0.15) is 0 Å². The maximum Gasteiger partial charge on any atom is 0.227 e. The SMILES string of the molecule is CC(=O)N1CCCC12CCN(C1CCNCC1NC(=O)C(C(N)N)C1CC3(CCCCC3)CCC(F)CN1)CC2. The molecule has 9 nitrogen and oxygen atoms in total. The molecule has 228 valence electrons. The normalized spacial score (nSPS) is 34.0. The van der Waals surface area contributed by atoms with E-state index in [1.54, 1.807) is 6.92 Å². The second kappa shape index (κ2) is 12.9. The number of nitrogens with two attached hydrogens (primary N) is 2. The second-order valence-electron chi connectivity index (χ2n) is 13.7. The first-order valence-electron chi connectivity index (χ1n) is 16.1. The van der Waals surface area contributed by atoms with Gasteiger partial charge < -0.3 is 32.3 Å².